The first kappa shape index (κ1) is 49.6. The van der Waals surface area contributed by atoms with Crippen LogP contribution in [0.25, 0.3) is 43.8 Å². The second-order valence-electron chi connectivity index (χ2n) is 19.0. The Balaban J connectivity index is 0.000000165. The molecule has 0 aliphatic carbocycles. The summed E-state index contributed by atoms with van der Waals surface area (Å²) in [5.74, 6) is -0.520. The number of rotatable bonds is 10. The number of fused-ring (bicyclic) bond motifs is 10. The van der Waals surface area contributed by atoms with Gasteiger partial charge in [0.05, 0.1) is 11.1 Å². The van der Waals surface area contributed by atoms with Gasteiger partial charge < -0.3 is 29.2 Å². The van der Waals surface area contributed by atoms with E-state index in [2.05, 4.69) is 9.80 Å². The van der Waals surface area contributed by atoms with Crippen LogP contribution in [-0.4, -0.2) is 72.5 Å². The van der Waals surface area contributed by atoms with Gasteiger partial charge in [0, 0.05) is 48.5 Å². The van der Waals surface area contributed by atoms with Gasteiger partial charge in [0.25, 0.3) is 0 Å². The fourth-order valence-corrected chi connectivity index (χ4v) is 10.8. The standard InChI is InChI=1S/2C30H27F2NO3.ClH/c2*31-21-17-26(32)29-25-10-6-20-16-22(34)7-11-24(20)28(25)30(36-27(29)18-21)19-4-8-23(9-5-19)35-15-14-33-12-2-1-3-13-33;/h2*4-11,16-18,30,34H,1-3,12-15H2;1H. The Morgan fingerprint density at radius 1 is 0.466 bits per heavy atom. The first-order valence-electron chi connectivity index (χ1n) is 24.9. The van der Waals surface area contributed by atoms with Crippen molar-refractivity contribution in [2.45, 2.75) is 50.7 Å². The Morgan fingerprint density at radius 2 is 0.863 bits per heavy atom. The molecule has 0 saturated carbocycles. The Labute approximate surface area is 427 Å². The van der Waals surface area contributed by atoms with Crippen molar-refractivity contribution in [1.82, 2.24) is 9.80 Å². The molecule has 0 bridgehead atoms. The minimum Gasteiger partial charge on any atom is -0.508 e. The van der Waals surface area contributed by atoms with Gasteiger partial charge in [-0.25, -0.2) is 17.6 Å². The van der Waals surface area contributed by atoms with E-state index in [1.165, 1.54) is 50.7 Å². The quantitative estimate of drug-likeness (QED) is 0.131. The first-order chi connectivity index (χ1) is 35.1. The van der Waals surface area contributed by atoms with Crippen LogP contribution in [0.3, 0.4) is 0 Å². The molecule has 13 heteroatoms. The van der Waals surface area contributed by atoms with E-state index in [1.807, 2.05) is 84.9 Å². The van der Waals surface area contributed by atoms with E-state index in [1.54, 1.807) is 24.3 Å². The Kier molecular flexibility index (Phi) is 14.7. The molecule has 2 N–H and O–H groups in total. The maximum Gasteiger partial charge on any atom is 0.150 e. The number of nitrogens with zero attached hydrogens (tertiary/aromatic N) is 2. The summed E-state index contributed by atoms with van der Waals surface area (Å²) in [4.78, 5) is 4.87. The first-order valence-corrected chi connectivity index (χ1v) is 24.9. The highest BCUT2D eigenvalue weighted by Gasteiger charge is 2.34. The normalized spacial score (nSPS) is 17.1. The van der Waals surface area contributed by atoms with E-state index >= 15 is 0 Å². The van der Waals surface area contributed by atoms with Gasteiger partial charge in [0.2, 0.25) is 0 Å². The summed E-state index contributed by atoms with van der Waals surface area (Å²) in [7, 11) is 0. The molecule has 73 heavy (non-hydrogen) atoms. The molecule has 8 nitrogen and oxygen atoms in total. The average molecular weight is 1010 g/mol. The van der Waals surface area contributed by atoms with Crippen molar-refractivity contribution >= 4 is 34.0 Å². The lowest BCUT2D eigenvalue weighted by molar-refractivity contribution is 0.183. The lowest BCUT2D eigenvalue weighted by atomic mass is 9.85. The Morgan fingerprint density at radius 3 is 1.26 bits per heavy atom. The SMILES string of the molecule is Cl.Oc1ccc2c3c(ccc2c1)-c1c(F)cc(F)cc1OC3c1ccc(OCCN2CCCCC2)cc1.Oc1ccc2c3c(ccc2c1)-c1c(F)cc(F)cc1OC3c1ccc(OCCN2CCCCC2)cc1. The highest BCUT2D eigenvalue weighted by atomic mass is 35.5. The second-order valence-corrected chi connectivity index (χ2v) is 19.0. The van der Waals surface area contributed by atoms with Gasteiger partial charge in [-0.2, -0.15) is 0 Å². The third-order valence-corrected chi connectivity index (χ3v) is 14.3. The van der Waals surface area contributed by atoms with Crippen molar-refractivity contribution in [2.75, 3.05) is 52.5 Å². The molecule has 2 atom stereocenters. The van der Waals surface area contributed by atoms with Crippen LogP contribution in [0.2, 0.25) is 0 Å². The van der Waals surface area contributed by atoms with Gasteiger partial charge in [-0.3, -0.25) is 9.80 Å². The minimum atomic E-state index is -0.684. The molecule has 4 aliphatic rings. The molecule has 0 amide bonds. The molecular formula is C60H55ClF4N2O6. The van der Waals surface area contributed by atoms with E-state index in [4.69, 9.17) is 18.9 Å². The summed E-state index contributed by atoms with van der Waals surface area (Å²) in [5.41, 5.74) is 5.04. The number of ether oxygens (including phenoxy) is 4. The van der Waals surface area contributed by atoms with E-state index in [0.29, 0.717) is 24.3 Å². The molecule has 2 fully saturated rings. The zero-order valence-corrected chi connectivity index (χ0v) is 40.9. The summed E-state index contributed by atoms with van der Waals surface area (Å²) in [5, 5.41) is 23.3. The van der Waals surface area contributed by atoms with Crippen molar-refractivity contribution in [3.8, 4) is 56.8 Å². The summed E-state index contributed by atoms with van der Waals surface area (Å²) in [6.07, 6.45) is 6.47. The monoisotopic (exact) mass is 1010 g/mol. The van der Waals surface area contributed by atoms with Crippen LogP contribution in [-0.2, 0) is 0 Å². The number of likely N-dealkylation sites (tertiary alicyclic amines) is 2. The van der Waals surface area contributed by atoms with Crippen molar-refractivity contribution in [1.29, 1.82) is 0 Å². The number of hydrogen-bond donors (Lipinski definition) is 2. The Hall–Kier alpha value is -6.99. The average Bonchev–Trinajstić information content (AvgIpc) is 3.38. The van der Waals surface area contributed by atoms with Crippen LogP contribution in [0.15, 0.2) is 133 Å². The number of hydrogen-bond acceptors (Lipinski definition) is 8. The predicted molar refractivity (Wildman–Crippen MR) is 279 cm³/mol. The van der Waals surface area contributed by atoms with Gasteiger partial charge in [0.1, 0.15) is 71.0 Å². The zero-order chi connectivity index (χ0) is 49.3. The molecule has 8 aromatic carbocycles. The number of phenolic OH excluding ortho intramolecular Hbond substituents is 2. The molecule has 12 rings (SSSR count). The van der Waals surface area contributed by atoms with Crippen LogP contribution in [0.1, 0.15) is 73.0 Å². The fourth-order valence-electron chi connectivity index (χ4n) is 10.8. The molecule has 0 radical (unpaired) electrons. The van der Waals surface area contributed by atoms with Crippen molar-refractivity contribution in [3.63, 3.8) is 0 Å². The van der Waals surface area contributed by atoms with Gasteiger partial charge in [0.15, 0.2) is 12.2 Å². The highest BCUT2D eigenvalue weighted by Crippen LogP contribution is 2.51. The van der Waals surface area contributed by atoms with Crippen LogP contribution in [0.4, 0.5) is 17.6 Å². The van der Waals surface area contributed by atoms with Crippen LogP contribution < -0.4 is 18.9 Å². The summed E-state index contributed by atoms with van der Waals surface area (Å²) in [6, 6.07) is 37.1. The fraction of sp³-hybridized carbons (Fsp3) is 0.267. The largest absolute Gasteiger partial charge is 0.508 e. The molecule has 8 aromatic rings. The van der Waals surface area contributed by atoms with E-state index in [0.717, 1.165) is 107 Å². The smallest absolute Gasteiger partial charge is 0.150 e. The van der Waals surface area contributed by atoms with Crippen LogP contribution in [0.5, 0.6) is 34.5 Å². The number of benzene rings is 8. The second kappa shape index (κ2) is 21.6. The van der Waals surface area contributed by atoms with Gasteiger partial charge in [-0.05, 0) is 144 Å². The number of halogens is 5. The topological polar surface area (TPSA) is 83.9 Å². The molecule has 2 saturated heterocycles. The van der Waals surface area contributed by atoms with Crippen LogP contribution in [0, 0.1) is 23.3 Å². The zero-order valence-electron chi connectivity index (χ0n) is 40.1. The van der Waals surface area contributed by atoms with Gasteiger partial charge >= 0.3 is 0 Å². The maximum absolute atomic E-state index is 14.9. The lowest BCUT2D eigenvalue weighted by Crippen LogP contribution is -2.33. The molecule has 376 valence electrons. The Bertz CT molecular complexity index is 3050. The molecule has 4 aliphatic heterocycles. The molecule has 4 heterocycles. The van der Waals surface area contributed by atoms with Gasteiger partial charge in [-0.15, -0.1) is 12.4 Å². The lowest BCUT2D eigenvalue weighted by Gasteiger charge is -2.31. The van der Waals surface area contributed by atoms with Gasteiger partial charge in [-0.1, -0.05) is 73.5 Å². The molecule has 0 spiro atoms. The van der Waals surface area contributed by atoms with E-state index in [9.17, 15) is 27.8 Å². The van der Waals surface area contributed by atoms with Crippen molar-refractivity contribution in [2.24, 2.45) is 0 Å². The third-order valence-electron chi connectivity index (χ3n) is 14.3. The van der Waals surface area contributed by atoms with Crippen LogP contribution >= 0.6 is 12.4 Å². The summed E-state index contributed by atoms with van der Waals surface area (Å²) < 4.78 is 82.5. The minimum absolute atomic E-state index is 0. The number of aromatic hydroxyl groups is 2. The molecular weight excluding hydrogens is 956 g/mol. The summed E-state index contributed by atoms with van der Waals surface area (Å²) >= 11 is 0. The maximum atomic E-state index is 14.9. The predicted octanol–water partition coefficient (Wildman–Crippen LogP) is 14.1. The van der Waals surface area contributed by atoms with Crippen molar-refractivity contribution in [3.05, 3.63) is 179 Å². The summed E-state index contributed by atoms with van der Waals surface area (Å²) in [6.45, 7) is 7.61. The third kappa shape index (κ3) is 10.5. The number of phenols is 2. The highest BCUT2D eigenvalue weighted by molar-refractivity contribution is 5.97. The number of piperidine rings is 2. The van der Waals surface area contributed by atoms with E-state index < -0.39 is 35.5 Å². The van der Waals surface area contributed by atoms with E-state index in [-0.39, 0.29) is 46.5 Å². The van der Waals surface area contributed by atoms with Crippen molar-refractivity contribution < 1.29 is 46.7 Å². The molecule has 2 unspecified atom stereocenters. The molecule has 0 aromatic heterocycles.